The molecule has 1 rings (SSSR count). The largest absolute Gasteiger partial charge is 0.352 e. The van der Waals surface area contributed by atoms with Gasteiger partial charge in [0, 0.05) is 30.1 Å². The number of nitrogens with two attached hydrogens (primary N) is 2. The third-order valence-electron chi connectivity index (χ3n) is 3.04. The lowest BCUT2D eigenvalue weighted by molar-refractivity contribution is 0.0932. The van der Waals surface area contributed by atoms with Gasteiger partial charge in [-0.2, -0.15) is 0 Å². The number of nitrogens with one attached hydrogen (secondary N) is 1. The summed E-state index contributed by atoms with van der Waals surface area (Å²) in [4.78, 5) is 24.0. The van der Waals surface area contributed by atoms with Gasteiger partial charge in [0.2, 0.25) is 0 Å². The summed E-state index contributed by atoms with van der Waals surface area (Å²) in [5.74, 6) is -0.221. The highest BCUT2D eigenvalue weighted by Gasteiger charge is 2.16. The average molecular weight is 277 g/mol. The first-order valence-corrected chi connectivity index (χ1v) is 6.86. The zero-order valence-corrected chi connectivity index (χ0v) is 12.1. The fourth-order valence-electron chi connectivity index (χ4n) is 1.86. The van der Waals surface area contributed by atoms with Gasteiger partial charge in [0.05, 0.1) is 0 Å². The van der Waals surface area contributed by atoms with Crippen molar-refractivity contribution < 1.29 is 9.59 Å². The summed E-state index contributed by atoms with van der Waals surface area (Å²) in [7, 11) is 0. The summed E-state index contributed by atoms with van der Waals surface area (Å²) in [5, 5.41) is 2.78. The molecule has 5 heteroatoms. The molecule has 0 bridgehead atoms. The third-order valence-corrected chi connectivity index (χ3v) is 3.04. The molecule has 1 amide bonds. The van der Waals surface area contributed by atoms with Crippen molar-refractivity contribution in [3.8, 4) is 0 Å². The van der Waals surface area contributed by atoms with E-state index in [4.69, 9.17) is 11.5 Å². The fourth-order valence-corrected chi connectivity index (χ4v) is 1.86. The molecule has 0 saturated heterocycles. The molecule has 0 heterocycles. The Morgan fingerprint density at radius 1 is 1.25 bits per heavy atom. The SMILES string of the molecule is CC(C)C(=O)c1ccc(C(=O)NCCCN)cc1CN. The Kier molecular flexibility index (Phi) is 6.35. The van der Waals surface area contributed by atoms with Crippen LogP contribution in [-0.4, -0.2) is 24.8 Å². The van der Waals surface area contributed by atoms with Crippen LogP contribution in [0.3, 0.4) is 0 Å². The van der Waals surface area contributed by atoms with E-state index in [0.29, 0.717) is 29.8 Å². The highest BCUT2D eigenvalue weighted by Crippen LogP contribution is 2.16. The van der Waals surface area contributed by atoms with Crippen LogP contribution >= 0.6 is 0 Å². The van der Waals surface area contributed by atoms with Gasteiger partial charge in [-0.1, -0.05) is 19.9 Å². The van der Waals surface area contributed by atoms with E-state index in [1.807, 2.05) is 13.8 Å². The maximum Gasteiger partial charge on any atom is 0.251 e. The Hall–Kier alpha value is -1.72. The second-order valence-electron chi connectivity index (χ2n) is 4.99. The minimum Gasteiger partial charge on any atom is -0.352 e. The molecule has 0 spiro atoms. The summed E-state index contributed by atoms with van der Waals surface area (Å²) < 4.78 is 0. The minimum atomic E-state index is -0.170. The van der Waals surface area contributed by atoms with E-state index in [1.54, 1.807) is 18.2 Å². The molecule has 5 N–H and O–H groups in total. The normalized spacial score (nSPS) is 10.7. The highest BCUT2D eigenvalue weighted by molar-refractivity contribution is 6.01. The lowest BCUT2D eigenvalue weighted by Gasteiger charge is -2.11. The van der Waals surface area contributed by atoms with Crippen molar-refractivity contribution >= 4 is 11.7 Å². The van der Waals surface area contributed by atoms with Crippen LogP contribution in [0.5, 0.6) is 0 Å². The predicted octanol–water partition coefficient (Wildman–Crippen LogP) is 1.06. The van der Waals surface area contributed by atoms with Crippen LogP contribution in [0.15, 0.2) is 18.2 Å². The standard InChI is InChI=1S/C15H23N3O2/c1-10(2)14(19)13-5-4-11(8-12(13)9-17)15(20)18-7-3-6-16/h4-5,8,10H,3,6-7,9,16-17H2,1-2H3,(H,18,20). The van der Waals surface area contributed by atoms with E-state index in [9.17, 15) is 9.59 Å². The number of carbonyl (C=O) groups excluding carboxylic acids is 2. The van der Waals surface area contributed by atoms with E-state index in [-0.39, 0.29) is 24.2 Å². The first-order chi connectivity index (χ1) is 9.51. The Balaban J connectivity index is 2.92. The van der Waals surface area contributed by atoms with Gasteiger partial charge in [-0.05, 0) is 30.7 Å². The molecule has 110 valence electrons. The van der Waals surface area contributed by atoms with Gasteiger partial charge in [0.25, 0.3) is 5.91 Å². The van der Waals surface area contributed by atoms with Crippen molar-refractivity contribution in [3.05, 3.63) is 34.9 Å². The van der Waals surface area contributed by atoms with E-state index in [2.05, 4.69) is 5.32 Å². The number of carbonyl (C=O) groups is 2. The quantitative estimate of drug-likeness (QED) is 0.512. The van der Waals surface area contributed by atoms with Gasteiger partial charge in [-0.15, -0.1) is 0 Å². The molecule has 0 atom stereocenters. The summed E-state index contributed by atoms with van der Waals surface area (Å²) >= 11 is 0. The van der Waals surface area contributed by atoms with Crippen LogP contribution in [0.2, 0.25) is 0 Å². The number of amides is 1. The zero-order chi connectivity index (χ0) is 15.1. The van der Waals surface area contributed by atoms with Crippen LogP contribution in [0.4, 0.5) is 0 Å². The Bertz CT molecular complexity index is 484. The monoisotopic (exact) mass is 277 g/mol. The number of Topliss-reactive ketones (excluding diaryl/α,β-unsaturated/α-hetero) is 1. The summed E-state index contributed by atoms with van der Waals surface area (Å²) in [6.07, 6.45) is 0.736. The van der Waals surface area contributed by atoms with E-state index < -0.39 is 0 Å². The molecule has 1 aromatic carbocycles. The number of hydrogen-bond acceptors (Lipinski definition) is 4. The molecule has 0 aliphatic carbocycles. The lowest BCUT2D eigenvalue weighted by Crippen LogP contribution is -2.26. The molecule has 20 heavy (non-hydrogen) atoms. The van der Waals surface area contributed by atoms with Crippen molar-refractivity contribution in [1.82, 2.24) is 5.32 Å². The molecule has 0 unspecified atom stereocenters. The third kappa shape index (κ3) is 4.15. The second kappa shape index (κ2) is 7.77. The van der Waals surface area contributed by atoms with Gasteiger partial charge < -0.3 is 16.8 Å². The summed E-state index contributed by atoms with van der Waals surface area (Å²) in [5.41, 5.74) is 12.9. The zero-order valence-electron chi connectivity index (χ0n) is 12.1. The Labute approximate surface area is 119 Å². The van der Waals surface area contributed by atoms with Crippen LogP contribution < -0.4 is 16.8 Å². The molecular weight excluding hydrogens is 254 g/mol. The smallest absolute Gasteiger partial charge is 0.251 e. The van der Waals surface area contributed by atoms with Gasteiger partial charge in [-0.25, -0.2) is 0 Å². The Morgan fingerprint density at radius 2 is 1.95 bits per heavy atom. The predicted molar refractivity (Wildman–Crippen MR) is 79.5 cm³/mol. The van der Waals surface area contributed by atoms with Crippen LogP contribution in [0.1, 0.15) is 46.5 Å². The maximum atomic E-state index is 12.0. The molecule has 0 aromatic heterocycles. The molecule has 0 fully saturated rings. The summed E-state index contributed by atoms with van der Waals surface area (Å²) in [6, 6.07) is 5.03. The number of rotatable bonds is 7. The number of hydrogen-bond donors (Lipinski definition) is 3. The van der Waals surface area contributed by atoms with Crippen molar-refractivity contribution in [2.75, 3.05) is 13.1 Å². The lowest BCUT2D eigenvalue weighted by atomic mass is 9.94. The van der Waals surface area contributed by atoms with Crippen molar-refractivity contribution in [3.63, 3.8) is 0 Å². The van der Waals surface area contributed by atoms with Crippen molar-refractivity contribution in [2.45, 2.75) is 26.8 Å². The van der Waals surface area contributed by atoms with Crippen LogP contribution in [-0.2, 0) is 6.54 Å². The minimum absolute atomic E-state index is 0.0422. The summed E-state index contributed by atoms with van der Waals surface area (Å²) in [6.45, 7) is 5.00. The average Bonchev–Trinajstić information content (AvgIpc) is 2.45. The molecular formula is C15H23N3O2. The maximum absolute atomic E-state index is 12.0. The first-order valence-electron chi connectivity index (χ1n) is 6.86. The van der Waals surface area contributed by atoms with E-state index in [1.165, 1.54) is 0 Å². The topological polar surface area (TPSA) is 98.2 Å². The molecule has 0 radical (unpaired) electrons. The van der Waals surface area contributed by atoms with Crippen molar-refractivity contribution in [2.24, 2.45) is 17.4 Å². The molecule has 0 saturated carbocycles. The molecule has 5 nitrogen and oxygen atoms in total. The van der Waals surface area contributed by atoms with Crippen LogP contribution in [0, 0.1) is 5.92 Å². The number of ketones is 1. The molecule has 1 aromatic rings. The first kappa shape index (κ1) is 16.3. The second-order valence-corrected chi connectivity index (χ2v) is 4.99. The van der Waals surface area contributed by atoms with Crippen LogP contribution in [0.25, 0.3) is 0 Å². The molecule has 0 aliphatic heterocycles. The molecule has 0 aliphatic rings. The Morgan fingerprint density at radius 3 is 2.50 bits per heavy atom. The highest BCUT2D eigenvalue weighted by atomic mass is 16.1. The van der Waals surface area contributed by atoms with E-state index >= 15 is 0 Å². The van der Waals surface area contributed by atoms with Gasteiger partial charge in [0.1, 0.15) is 0 Å². The van der Waals surface area contributed by atoms with E-state index in [0.717, 1.165) is 6.42 Å². The fraction of sp³-hybridized carbons (Fsp3) is 0.467. The number of benzene rings is 1. The van der Waals surface area contributed by atoms with Gasteiger partial charge in [-0.3, -0.25) is 9.59 Å². The van der Waals surface area contributed by atoms with Gasteiger partial charge >= 0.3 is 0 Å². The van der Waals surface area contributed by atoms with Gasteiger partial charge in [0.15, 0.2) is 5.78 Å². The van der Waals surface area contributed by atoms with Crippen molar-refractivity contribution in [1.29, 1.82) is 0 Å².